The Kier molecular flexibility index (Phi) is 8.41. The maximum Gasteiger partial charge on any atom is 0.290 e. The molecule has 188 valence electrons. The van der Waals surface area contributed by atoms with E-state index >= 15 is 4.39 Å². The number of likely N-dealkylation sites (tertiary alicyclic amines) is 1. The second-order valence-electron chi connectivity index (χ2n) is 8.21. The Morgan fingerprint density at radius 2 is 2.00 bits per heavy atom. The Labute approximate surface area is 206 Å². The van der Waals surface area contributed by atoms with E-state index in [1.54, 1.807) is 0 Å². The van der Waals surface area contributed by atoms with E-state index < -0.39 is 32.2 Å². The fraction of sp³-hybridized carbons (Fsp3) is 0.304. The lowest BCUT2D eigenvalue weighted by atomic mass is 10.1. The largest absolute Gasteiger partial charge is 0.486 e. The molecule has 2 aromatic carbocycles. The van der Waals surface area contributed by atoms with Crippen LogP contribution in [0.3, 0.4) is 0 Å². The van der Waals surface area contributed by atoms with E-state index in [2.05, 4.69) is 14.6 Å². The number of anilines is 1. The Bertz CT molecular complexity index is 1260. The second kappa shape index (κ2) is 11.1. The smallest absolute Gasteiger partial charge is 0.290 e. The summed E-state index contributed by atoms with van der Waals surface area (Å²) in [6.45, 7) is 5.13. The summed E-state index contributed by atoms with van der Waals surface area (Å²) in [5.41, 5.74) is 1.87. The number of benzene rings is 2. The van der Waals surface area contributed by atoms with Crippen molar-refractivity contribution < 1.29 is 31.8 Å². The van der Waals surface area contributed by atoms with Crippen LogP contribution in [-0.2, 0) is 21.4 Å². The molecule has 12 heteroatoms. The van der Waals surface area contributed by atoms with E-state index in [0.717, 1.165) is 30.5 Å². The van der Waals surface area contributed by atoms with Gasteiger partial charge in [-0.2, -0.15) is 0 Å². The zero-order valence-electron chi connectivity index (χ0n) is 19.1. The van der Waals surface area contributed by atoms with Crippen LogP contribution in [0.2, 0.25) is 0 Å². The molecule has 1 atom stereocenters. The minimum absolute atomic E-state index is 0.00308. The molecule has 0 spiro atoms. The first-order valence-electron chi connectivity index (χ1n) is 10.5. The second-order valence-corrected chi connectivity index (χ2v) is 10.5. The van der Waals surface area contributed by atoms with Gasteiger partial charge in [-0.25, -0.2) is 22.2 Å². The fourth-order valence-electron chi connectivity index (χ4n) is 3.83. The van der Waals surface area contributed by atoms with E-state index in [0.29, 0.717) is 13.0 Å². The number of rotatable bonds is 7. The number of thiazole rings is 1. The van der Waals surface area contributed by atoms with Crippen LogP contribution in [0.1, 0.15) is 24.5 Å². The molecule has 4 rings (SSSR count). The maximum absolute atomic E-state index is 15.0. The molecule has 2 N–H and O–H groups in total. The monoisotopic (exact) mass is 525 g/mol. The Morgan fingerprint density at radius 1 is 1.31 bits per heavy atom. The highest BCUT2D eigenvalue weighted by atomic mass is 32.2. The Balaban J connectivity index is 0.00000108. The number of hydrogen-bond acceptors (Lipinski definition) is 7. The molecule has 1 aliphatic rings. The standard InChI is InChI=1S/C22H23F2N3O3S2.CH2O2/c1-15-18(30-22(2)8-9-27(13-22)11-16-6-4-3-5-7-16)10-17(23)21(20(15)24)32(28,29)26-19-12-31-14-25-19;2-1-3/h3-7,10,12,14,26H,8-9,11,13H2,1-2H3;1H,(H,2,3)/t22-;/m0./s1. The highest BCUT2D eigenvalue weighted by Crippen LogP contribution is 2.35. The van der Waals surface area contributed by atoms with Gasteiger partial charge in [-0.3, -0.25) is 14.4 Å². The van der Waals surface area contributed by atoms with E-state index in [4.69, 9.17) is 14.6 Å². The number of nitrogens with one attached hydrogen (secondary N) is 1. The summed E-state index contributed by atoms with van der Waals surface area (Å²) in [5, 5.41) is 8.32. The lowest BCUT2D eigenvalue weighted by Gasteiger charge is -2.28. The van der Waals surface area contributed by atoms with Crippen molar-refractivity contribution in [3.05, 3.63) is 70.1 Å². The Morgan fingerprint density at radius 3 is 2.63 bits per heavy atom. The number of nitrogens with zero attached hydrogens (tertiary/aromatic N) is 2. The van der Waals surface area contributed by atoms with Gasteiger partial charge in [0.1, 0.15) is 17.2 Å². The lowest BCUT2D eigenvalue weighted by Crippen LogP contribution is -2.36. The minimum Gasteiger partial charge on any atom is -0.486 e. The quantitative estimate of drug-likeness (QED) is 0.444. The van der Waals surface area contributed by atoms with Gasteiger partial charge in [0.25, 0.3) is 16.5 Å². The highest BCUT2D eigenvalue weighted by Gasteiger charge is 2.37. The fourth-order valence-corrected chi connectivity index (χ4v) is 5.58. The summed E-state index contributed by atoms with van der Waals surface area (Å²) >= 11 is 1.16. The summed E-state index contributed by atoms with van der Waals surface area (Å²) in [6.07, 6.45) is 0.675. The van der Waals surface area contributed by atoms with Crippen molar-refractivity contribution in [3.63, 3.8) is 0 Å². The first-order chi connectivity index (χ1) is 16.6. The third-order valence-corrected chi connectivity index (χ3v) is 7.41. The average Bonchev–Trinajstić information content (AvgIpc) is 3.42. The molecular formula is C23H25F2N3O5S2. The number of halogens is 2. The molecule has 3 aromatic rings. The number of aromatic nitrogens is 1. The summed E-state index contributed by atoms with van der Waals surface area (Å²) < 4.78 is 63.1. The van der Waals surface area contributed by atoms with Crippen molar-refractivity contribution in [2.24, 2.45) is 0 Å². The SMILES string of the molecule is Cc1c(O[C@@]2(C)CCN(Cc3ccccc3)C2)cc(F)c(S(=O)(=O)Nc2cscn2)c1F.O=CO. The molecule has 0 bridgehead atoms. The number of hydrogen-bond donors (Lipinski definition) is 2. The van der Waals surface area contributed by atoms with Crippen molar-refractivity contribution in [2.75, 3.05) is 17.8 Å². The van der Waals surface area contributed by atoms with Crippen molar-refractivity contribution in [1.29, 1.82) is 0 Å². The molecule has 0 amide bonds. The van der Waals surface area contributed by atoms with Gasteiger partial charge < -0.3 is 9.84 Å². The zero-order valence-corrected chi connectivity index (χ0v) is 20.7. The van der Waals surface area contributed by atoms with Crippen LogP contribution in [-0.4, -0.2) is 48.6 Å². The molecular weight excluding hydrogens is 500 g/mol. The first kappa shape index (κ1) is 26.5. The van der Waals surface area contributed by atoms with Gasteiger partial charge in [0.2, 0.25) is 0 Å². The van der Waals surface area contributed by atoms with E-state index in [9.17, 15) is 12.8 Å². The summed E-state index contributed by atoms with van der Waals surface area (Å²) in [6, 6.07) is 11.0. The first-order valence-corrected chi connectivity index (χ1v) is 12.9. The van der Waals surface area contributed by atoms with Crippen LogP contribution in [0.25, 0.3) is 0 Å². The number of carboxylic acid groups (broad SMARTS) is 1. The molecule has 0 unspecified atom stereocenters. The van der Waals surface area contributed by atoms with Crippen LogP contribution in [0, 0.1) is 18.6 Å². The summed E-state index contributed by atoms with van der Waals surface area (Å²) in [4.78, 5) is 13.3. The van der Waals surface area contributed by atoms with E-state index in [-0.39, 0.29) is 23.6 Å². The topological polar surface area (TPSA) is 109 Å². The van der Waals surface area contributed by atoms with Crippen molar-refractivity contribution in [3.8, 4) is 5.75 Å². The van der Waals surface area contributed by atoms with Crippen LogP contribution >= 0.6 is 11.3 Å². The molecule has 0 aliphatic carbocycles. The Hall–Kier alpha value is -3.09. The zero-order chi connectivity index (χ0) is 25.6. The molecule has 1 saturated heterocycles. The summed E-state index contributed by atoms with van der Waals surface area (Å²) in [7, 11) is -4.49. The van der Waals surface area contributed by atoms with E-state index in [1.165, 1.54) is 23.4 Å². The van der Waals surface area contributed by atoms with Crippen LogP contribution < -0.4 is 9.46 Å². The van der Waals surface area contributed by atoms with Crippen molar-refractivity contribution in [1.82, 2.24) is 9.88 Å². The lowest BCUT2D eigenvalue weighted by molar-refractivity contribution is -0.122. The van der Waals surface area contributed by atoms with Crippen molar-refractivity contribution in [2.45, 2.75) is 37.3 Å². The van der Waals surface area contributed by atoms with E-state index in [1.807, 2.05) is 37.3 Å². The van der Waals surface area contributed by atoms with Gasteiger partial charge in [0.15, 0.2) is 16.5 Å². The summed E-state index contributed by atoms with van der Waals surface area (Å²) in [5.74, 6) is -2.39. The molecule has 0 saturated carbocycles. The third-order valence-electron chi connectivity index (χ3n) is 5.43. The van der Waals surface area contributed by atoms with Gasteiger partial charge in [-0.1, -0.05) is 30.3 Å². The maximum atomic E-state index is 15.0. The normalized spacial score (nSPS) is 17.9. The minimum atomic E-state index is -4.49. The predicted molar refractivity (Wildman–Crippen MR) is 128 cm³/mol. The van der Waals surface area contributed by atoms with Crippen LogP contribution in [0.15, 0.2) is 52.2 Å². The highest BCUT2D eigenvalue weighted by molar-refractivity contribution is 7.92. The average molecular weight is 526 g/mol. The predicted octanol–water partition coefficient (Wildman–Crippen LogP) is 4.27. The molecule has 1 aliphatic heterocycles. The van der Waals surface area contributed by atoms with Crippen molar-refractivity contribution >= 4 is 33.7 Å². The third kappa shape index (κ3) is 6.53. The van der Waals surface area contributed by atoms with Crippen LogP contribution in [0.4, 0.5) is 14.6 Å². The molecule has 1 fully saturated rings. The van der Waals surface area contributed by atoms with Crippen LogP contribution in [0.5, 0.6) is 5.75 Å². The van der Waals surface area contributed by atoms with Gasteiger partial charge in [-0.15, -0.1) is 11.3 Å². The molecule has 1 aromatic heterocycles. The number of carbonyl (C=O) groups is 1. The van der Waals surface area contributed by atoms with Gasteiger partial charge in [0, 0.05) is 43.1 Å². The number of sulfonamides is 1. The van der Waals surface area contributed by atoms with Gasteiger partial charge in [0.05, 0.1) is 5.51 Å². The molecule has 35 heavy (non-hydrogen) atoms. The molecule has 2 heterocycles. The number of ether oxygens (including phenoxy) is 1. The molecule has 8 nitrogen and oxygen atoms in total. The molecule has 0 radical (unpaired) electrons. The van der Waals surface area contributed by atoms with Gasteiger partial charge >= 0.3 is 0 Å². The van der Waals surface area contributed by atoms with Gasteiger partial charge in [-0.05, 0) is 19.4 Å².